The molecule has 2 heterocycles. The molecule has 0 saturated carbocycles. The average Bonchev–Trinajstić information content (AvgIpc) is 3.12. The predicted molar refractivity (Wildman–Crippen MR) is 109 cm³/mol. The first kappa shape index (κ1) is 18.9. The summed E-state index contributed by atoms with van der Waals surface area (Å²) < 4.78 is 24.5. The van der Waals surface area contributed by atoms with Crippen molar-refractivity contribution in [3.05, 3.63) is 48.3 Å². The molecule has 0 spiro atoms. The van der Waals surface area contributed by atoms with E-state index in [1.54, 1.807) is 6.07 Å². The molecule has 0 atom stereocenters. The predicted octanol–water partition coefficient (Wildman–Crippen LogP) is 5.38. The summed E-state index contributed by atoms with van der Waals surface area (Å²) >= 11 is 0. The Kier molecular flexibility index (Phi) is 5.62. The molecule has 1 fully saturated rings. The van der Waals surface area contributed by atoms with E-state index >= 15 is 0 Å². The number of fused-ring (bicyclic) bond motifs is 1. The zero-order valence-electron chi connectivity index (χ0n) is 16.5. The van der Waals surface area contributed by atoms with Gasteiger partial charge in [0, 0.05) is 23.6 Å². The van der Waals surface area contributed by atoms with Gasteiger partial charge in [-0.3, -0.25) is 4.90 Å². The Balaban J connectivity index is 1.31. The van der Waals surface area contributed by atoms with E-state index < -0.39 is 0 Å². The molecule has 0 unspecified atom stereocenters. The molecule has 0 radical (unpaired) electrons. The first-order valence-corrected chi connectivity index (χ1v) is 10.1. The van der Waals surface area contributed by atoms with Crippen LogP contribution >= 0.6 is 0 Å². The monoisotopic (exact) mass is 382 g/mol. The van der Waals surface area contributed by atoms with Crippen LogP contribution in [0.25, 0.3) is 22.2 Å². The third-order valence-corrected chi connectivity index (χ3v) is 5.81. The number of nitrogens with zero attached hydrogens (tertiary/aromatic N) is 2. The maximum Gasteiger partial charge on any atom is 0.170 e. The summed E-state index contributed by atoms with van der Waals surface area (Å²) in [6.45, 7) is 8.65. The normalized spacial score (nSPS) is 16.1. The summed E-state index contributed by atoms with van der Waals surface area (Å²) in [4.78, 5) is 2.49. The average molecular weight is 382 g/mol. The van der Waals surface area contributed by atoms with Gasteiger partial charge in [-0.25, -0.2) is 4.39 Å². The first-order chi connectivity index (χ1) is 13.6. The summed E-state index contributed by atoms with van der Waals surface area (Å²) in [6.07, 6.45) is 2.59. The Hall–Kier alpha value is -2.40. The van der Waals surface area contributed by atoms with Gasteiger partial charge in [0.2, 0.25) is 0 Å². The van der Waals surface area contributed by atoms with Gasteiger partial charge in [-0.05, 0) is 74.2 Å². The number of aromatic nitrogens is 1. The van der Waals surface area contributed by atoms with Crippen LogP contribution in [-0.2, 0) is 0 Å². The van der Waals surface area contributed by atoms with Crippen molar-refractivity contribution in [2.45, 2.75) is 26.7 Å². The van der Waals surface area contributed by atoms with Crippen molar-refractivity contribution in [3.63, 3.8) is 0 Å². The van der Waals surface area contributed by atoms with Crippen molar-refractivity contribution in [3.8, 4) is 17.0 Å². The van der Waals surface area contributed by atoms with Crippen LogP contribution in [0.1, 0.15) is 26.7 Å². The highest BCUT2D eigenvalue weighted by Gasteiger charge is 2.21. The molecular formula is C23H27FN2O2. The van der Waals surface area contributed by atoms with Crippen molar-refractivity contribution < 1.29 is 13.7 Å². The van der Waals surface area contributed by atoms with Crippen LogP contribution in [0.4, 0.5) is 4.39 Å². The van der Waals surface area contributed by atoms with Crippen molar-refractivity contribution in [2.75, 3.05) is 26.2 Å². The first-order valence-electron chi connectivity index (χ1n) is 10.1. The van der Waals surface area contributed by atoms with Crippen molar-refractivity contribution in [1.29, 1.82) is 0 Å². The van der Waals surface area contributed by atoms with Crippen molar-refractivity contribution in [1.82, 2.24) is 10.1 Å². The second kappa shape index (κ2) is 8.31. The fourth-order valence-corrected chi connectivity index (χ4v) is 3.96. The van der Waals surface area contributed by atoms with Gasteiger partial charge in [-0.2, -0.15) is 0 Å². The molecule has 1 saturated heterocycles. The molecule has 5 heteroatoms. The van der Waals surface area contributed by atoms with Crippen LogP contribution in [0.2, 0.25) is 0 Å². The molecule has 28 heavy (non-hydrogen) atoms. The lowest BCUT2D eigenvalue weighted by molar-refractivity contribution is 0.137. The molecule has 1 aliphatic rings. The smallest absolute Gasteiger partial charge is 0.170 e. The second-order valence-corrected chi connectivity index (χ2v) is 7.97. The van der Waals surface area contributed by atoms with Crippen LogP contribution in [0.15, 0.2) is 47.0 Å². The maximum atomic E-state index is 13.3. The Morgan fingerprint density at radius 2 is 1.89 bits per heavy atom. The molecule has 0 bridgehead atoms. The Morgan fingerprint density at radius 3 is 2.61 bits per heavy atom. The van der Waals surface area contributed by atoms with E-state index in [1.165, 1.54) is 38.1 Å². The minimum Gasteiger partial charge on any atom is -0.492 e. The number of hydrogen-bond acceptors (Lipinski definition) is 4. The highest BCUT2D eigenvalue weighted by Crippen LogP contribution is 2.29. The highest BCUT2D eigenvalue weighted by atomic mass is 19.1. The lowest BCUT2D eigenvalue weighted by Gasteiger charge is -2.33. The lowest BCUT2D eigenvalue weighted by Crippen LogP contribution is -2.37. The molecule has 0 amide bonds. The minimum atomic E-state index is -0.327. The van der Waals surface area contributed by atoms with Gasteiger partial charge in [0.05, 0.1) is 0 Å². The van der Waals surface area contributed by atoms with Crippen LogP contribution in [0, 0.1) is 17.7 Å². The standard InChI is InChI=1S/C23H27FN2O2/c1-16(2)17-9-11-26(12-10-17)13-14-27-20-6-3-18(4-7-20)23-21-8-5-19(24)15-22(21)28-25-23/h3-8,15-17H,9-14H2,1-2H3. The molecular weight excluding hydrogens is 355 g/mol. The zero-order chi connectivity index (χ0) is 19.5. The largest absolute Gasteiger partial charge is 0.492 e. The van der Waals surface area contributed by atoms with Gasteiger partial charge in [-0.1, -0.05) is 19.0 Å². The van der Waals surface area contributed by atoms with E-state index in [1.807, 2.05) is 24.3 Å². The van der Waals surface area contributed by atoms with Gasteiger partial charge < -0.3 is 9.26 Å². The third kappa shape index (κ3) is 4.20. The Morgan fingerprint density at radius 1 is 1.14 bits per heavy atom. The lowest BCUT2D eigenvalue weighted by atomic mass is 9.87. The molecule has 148 valence electrons. The topological polar surface area (TPSA) is 38.5 Å². The van der Waals surface area contributed by atoms with Gasteiger partial charge in [0.25, 0.3) is 0 Å². The number of halogens is 1. The van der Waals surface area contributed by atoms with E-state index in [9.17, 15) is 4.39 Å². The summed E-state index contributed by atoms with van der Waals surface area (Å²) in [5, 5.41) is 4.89. The highest BCUT2D eigenvalue weighted by molar-refractivity contribution is 5.91. The zero-order valence-corrected chi connectivity index (χ0v) is 16.5. The fourth-order valence-electron chi connectivity index (χ4n) is 3.96. The van der Waals surface area contributed by atoms with E-state index in [-0.39, 0.29) is 5.82 Å². The summed E-state index contributed by atoms with van der Waals surface area (Å²) in [6, 6.07) is 12.3. The molecule has 1 aliphatic heterocycles. The molecule has 4 rings (SSSR count). The van der Waals surface area contributed by atoms with Crippen LogP contribution in [-0.4, -0.2) is 36.3 Å². The second-order valence-electron chi connectivity index (χ2n) is 7.97. The fraction of sp³-hybridized carbons (Fsp3) is 0.435. The van der Waals surface area contributed by atoms with Gasteiger partial charge in [0.15, 0.2) is 5.58 Å². The SMILES string of the molecule is CC(C)C1CCN(CCOc2ccc(-c3noc4cc(F)ccc34)cc2)CC1. The number of piperidine rings is 1. The number of likely N-dealkylation sites (tertiary alicyclic amines) is 1. The number of benzene rings is 2. The Bertz CT molecular complexity index is 912. The van der Waals surface area contributed by atoms with Gasteiger partial charge >= 0.3 is 0 Å². The number of hydrogen-bond donors (Lipinski definition) is 0. The maximum absolute atomic E-state index is 13.3. The molecule has 0 N–H and O–H groups in total. The van der Waals surface area contributed by atoms with E-state index in [4.69, 9.17) is 9.26 Å². The molecule has 0 aliphatic carbocycles. The minimum absolute atomic E-state index is 0.327. The quantitative estimate of drug-likeness (QED) is 0.574. The van der Waals surface area contributed by atoms with Gasteiger partial charge in [-0.15, -0.1) is 0 Å². The Labute approximate surface area is 165 Å². The number of ether oxygens (including phenoxy) is 1. The third-order valence-electron chi connectivity index (χ3n) is 5.81. The molecule has 2 aromatic carbocycles. The van der Waals surface area contributed by atoms with E-state index in [2.05, 4.69) is 23.9 Å². The molecule has 3 aromatic rings. The van der Waals surface area contributed by atoms with Crippen molar-refractivity contribution >= 4 is 11.0 Å². The summed E-state index contributed by atoms with van der Waals surface area (Å²) in [5.41, 5.74) is 2.10. The van der Waals surface area contributed by atoms with Crippen LogP contribution in [0.5, 0.6) is 5.75 Å². The van der Waals surface area contributed by atoms with E-state index in [0.717, 1.165) is 40.8 Å². The van der Waals surface area contributed by atoms with Crippen LogP contribution < -0.4 is 4.74 Å². The van der Waals surface area contributed by atoms with E-state index in [0.29, 0.717) is 12.2 Å². The summed E-state index contributed by atoms with van der Waals surface area (Å²) in [7, 11) is 0. The summed E-state index contributed by atoms with van der Waals surface area (Å²) in [5.74, 6) is 2.18. The van der Waals surface area contributed by atoms with Gasteiger partial charge in [0.1, 0.15) is 23.9 Å². The van der Waals surface area contributed by atoms with Crippen LogP contribution in [0.3, 0.4) is 0 Å². The number of rotatable bonds is 6. The molecule has 1 aromatic heterocycles. The molecule has 4 nitrogen and oxygen atoms in total. The van der Waals surface area contributed by atoms with Crippen molar-refractivity contribution in [2.24, 2.45) is 11.8 Å².